The van der Waals surface area contributed by atoms with Crippen molar-refractivity contribution >= 4 is 21.9 Å². The smallest absolute Gasteiger partial charge is 0.477 e. The predicted molar refractivity (Wildman–Crippen MR) is 69.8 cm³/mol. The van der Waals surface area contributed by atoms with Gasteiger partial charge in [-0.05, 0) is 34.1 Å². The maximum atomic E-state index is 13.2. The Hall–Kier alpha value is -2.30. The highest BCUT2D eigenvalue weighted by Gasteiger charge is 2.66. The van der Waals surface area contributed by atoms with Crippen molar-refractivity contribution in [2.75, 3.05) is 0 Å². The molecule has 0 bridgehead atoms. The van der Waals surface area contributed by atoms with Gasteiger partial charge in [0.05, 0.1) is 5.69 Å². The summed E-state index contributed by atoms with van der Waals surface area (Å²) >= 11 is 3.06. The van der Waals surface area contributed by atoms with Crippen LogP contribution in [0, 0.1) is 0 Å². The van der Waals surface area contributed by atoms with Crippen LogP contribution in [-0.4, -0.2) is 33.5 Å². The second-order valence-corrected chi connectivity index (χ2v) is 5.34. The molecule has 0 aliphatic carbocycles. The van der Waals surface area contributed by atoms with Crippen LogP contribution in [0.25, 0.3) is 11.3 Å². The van der Waals surface area contributed by atoms with E-state index in [2.05, 4.69) is 35.6 Å². The molecule has 2 N–H and O–H groups in total. The van der Waals surface area contributed by atoms with Crippen LogP contribution in [0.1, 0.15) is 10.5 Å². The number of H-pyrrole nitrogens is 1. The standard InChI is InChI=1S/C12H5BrF4N2O4/c13-5-2-9-8(22-11(14,15)12(16,17)23-9)1-4(5)6-3-7(10(20)21)19-18-6/h1-3H,(H,18,19)(H,20,21). The number of benzene rings is 1. The van der Waals surface area contributed by atoms with Gasteiger partial charge in [0.25, 0.3) is 0 Å². The summed E-state index contributed by atoms with van der Waals surface area (Å²) in [6.07, 6.45) is -9.66. The molecule has 0 saturated heterocycles. The molecule has 0 unspecified atom stereocenters. The zero-order valence-corrected chi connectivity index (χ0v) is 12.3. The quantitative estimate of drug-likeness (QED) is 0.759. The summed E-state index contributed by atoms with van der Waals surface area (Å²) in [6.45, 7) is 0. The summed E-state index contributed by atoms with van der Waals surface area (Å²) in [5.74, 6) is -2.49. The van der Waals surface area contributed by atoms with Crippen molar-refractivity contribution in [3.8, 4) is 22.8 Å². The monoisotopic (exact) mass is 396 g/mol. The maximum absolute atomic E-state index is 13.2. The van der Waals surface area contributed by atoms with Crippen LogP contribution in [0.4, 0.5) is 17.6 Å². The van der Waals surface area contributed by atoms with Gasteiger partial charge in [-0.3, -0.25) is 5.10 Å². The third-order valence-corrected chi connectivity index (χ3v) is 3.59. The Morgan fingerprint density at radius 3 is 2.22 bits per heavy atom. The number of aromatic nitrogens is 2. The summed E-state index contributed by atoms with van der Waals surface area (Å²) in [7, 11) is 0. The number of carboxylic acid groups (broad SMARTS) is 1. The Bertz CT molecular complexity index is 808. The number of nitrogens with zero attached hydrogens (tertiary/aromatic N) is 1. The number of halogens is 5. The van der Waals surface area contributed by atoms with Gasteiger partial charge in [-0.2, -0.15) is 22.7 Å². The zero-order valence-electron chi connectivity index (χ0n) is 10.7. The van der Waals surface area contributed by atoms with E-state index in [1.54, 1.807) is 0 Å². The van der Waals surface area contributed by atoms with Gasteiger partial charge in [0.1, 0.15) is 5.69 Å². The maximum Gasteiger partial charge on any atom is 0.507 e. The molecule has 0 spiro atoms. The highest BCUT2D eigenvalue weighted by atomic mass is 79.9. The Morgan fingerprint density at radius 2 is 1.70 bits per heavy atom. The number of alkyl halides is 4. The van der Waals surface area contributed by atoms with E-state index < -0.39 is 29.7 Å². The van der Waals surface area contributed by atoms with E-state index in [0.29, 0.717) is 0 Å². The molecule has 11 heteroatoms. The minimum absolute atomic E-state index is 0.0846. The van der Waals surface area contributed by atoms with Gasteiger partial charge in [-0.15, -0.1) is 0 Å². The minimum atomic E-state index is -4.84. The van der Waals surface area contributed by atoms with Crippen molar-refractivity contribution in [1.82, 2.24) is 10.2 Å². The van der Waals surface area contributed by atoms with Crippen molar-refractivity contribution in [3.05, 3.63) is 28.4 Å². The van der Waals surface area contributed by atoms with Gasteiger partial charge in [-0.25, -0.2) is 4.79 Å². The largest absolute Gasteiger partial charge is 0.507 e. The fourth-order valence-electron chi connectivity index (χ4n) is 1.86. The average molecular weight is 397 g/mol. The number of aromatic amines is 1. The fraction of sp³-hybridized carbons (Fsp3) is 0.167. The Morgan fingerprint density at radius 1 is 1.13 bits per heavy atom. The van der Waals surface area contributed by atoms with E-state index >= 15 is 0 Å². The first-order valence-electron chi connectivity index (χ1n) is 5.87. The molecule has 0 radical (unpaired) electrons. The van der Waals surface area contributed by atoms with E-state index in [1.165, 1.54) is 0 Å². The van der Waals surface area contributed by atoms with Crippen molar-refractivity contribution in [2.45, 2.75) is 12.2 Å². The Balaban J connectivity index is 2.07. The van der Waals surface area contributed by atoms with Crippen LogP contribution in [0.2, 0.25) is 0 Å². The third kappa shape index (κ3) is 2.50. The second-order valence-electron chi connectivity index (χ2n) is 4.49. The number of fused-ring (bicyclic) bond motifs is 1. The van der Waals surface area contributed by atoms with Gasteiger partial charge in [0.2, 0.25) is 0 Å². The summed E-state index contributed by atoms with van der Waals surface area (Å²) in [4.78, 5) is 10.8. The summed E-state index contributed by atoms with van der Waals surface area (Å²) in [5.41, 5.74) is -0.00269. The van der Waals surface area contributed by atoms with Gasteiger partial charge < -0.3 is 14.6 Å². The molecule has 0 fully saturated rings. The summed E-state index contributed by atoms with van der Waals surface area (Å²) in [6, 6.07) is 3.14. The molecule has 1 aliphatic heterocycles. The summed E-state index contributed by atoms with van der Waals surface area (Å²) < 4.78 is 60.8. The number of nitrogens with one attached hydrogen (secondary N) is 1. The molecule has 0 atom stereocenters. The fourth-order valence-corrected chi connectivity index (χ4v) is 2.38. The van der Waals surface area contributed by atoms with E-state index in [-0.39, 0.29) is 21.4 Å². The van der Waals surface area contributed by atoms with Crippen LogP contribution < -0.4 is 9.47 Å². The van der Waals surface area contributed by atoms with E-state index in [4.69, 9.17) is 5.11 Å². The van der Waals surface area contributed by atoms with Crippen molar-refractivity contribution in [1.29, 1.82) is 0 Å². The zero-order chi connectivity index (χ0) is 17.0. The SMILES string of the molecule is O=C(O)c1cc(-c2cc3c(cc2Br)OC(F)(F)C(F)(F)O3)n[nH]1. The first-order chi connectivity index (χ1) is 10.6. The Kier molecular flexibility index (Phi) is 3.29. The molecule has 1 aromatic carbocycles. The molecule has 0 amide bonds. The predicted octanol–water partition coefficient (Wildman–Crippen LogP) is 3.49. The van der Waals surface area contributed by atoms with Crippen molar-refractivity contribution in [2.24, 2.45) is 0 Å². The van der Waals surface area contributed by atoms with Crippen molar-refractivity contribution in [3.63, 3.8) is 0 Å². The molecular weight excluding hydrogens is 392 g/mol. The molecule has 2 heterocycles. The number of hydrogen-bond acceptors (Lipinski definition) is 4. The molecule has 0 saturated carbocycles. The van der Waals surface area contributed by atoms with E-state index in [1.807, 2.05) is 0 Å². The topological polar surface area (TPSA) is 84.4 Å². The first-order valence-corrected chi connectivity index (χ1v) is 6.66. The highest BCUT2D eigenvalue weighted by Crippen LogP contribution is 2.49. The van der Waals surface area contributed by atoms with E-state index in [0.717, 1.165) is 18.2 Å². The number of hydrogen-bond donors (Lipinski definition) is 2. The van der Waals surface area contributed by atoms with E-state index in [9.17, 15) is 22.4 Å². The normalized spacial score (nSPS) is 17.8. The lowest BCUT2D eigenvalue weighted by atomic mass is 10.1. The van der Waals surface area contributed by atoms with Gasteiger partial charge in [0, 0.05) is 10.0 Å². The molecule has 122 valence electrons. The molecule has 23 heavy (non-hydrogen) atoms. The molecule has 1 aromatic heterocycles. The molecule has 1 aliphatic rings. The van der Waals surface area contributed by atoms with Gasteiger partial charge in [-0.1, -0.05) is 0 Å². The average Bonchev–Trinajstić information content (AvgIpc) is 2.89. The highest BCUT2D eigenvalue weighted by molar-refractivity contribution is 9.10. The third-order valence-electron chi connectivity index (χ3n) is 2.93. The van der Waals surface area contributed by atoms with Crippen LogP contribution in [-0.2, 0) is 0 Å². The van der Waals surface area contributed by atoms with Crippen LogP contribution in [0.5, 0.6) is 11.5 Å². The first kappa shape index (κ1) is 15.6. The number of ether oxygens (including phenoxy) is 2. The molecular formula is C12H5BrF4N2O4. The van der Waals surface area contributed by atoms with Crippen LogP contribution in [0.3, 0.4) is 0 Å². The minimum Gasteiger partial charge on any atom is -0.477 e. The lowest BCUT2D eigenvalue weighted by Gasteiger charge is -2.32. The van der Waals surface area contributed by atoms with Crippen LogP contribution in [0.15, 0.2) is 22.7 Å². The van der Waals surface area contributed by atoms with Crippen LogP contribution >= 0.6 is 15.9 Å². The molecule has 6 nitrogen and oxygen atoms in total. The molecule has 2 aromatic rings. The van der Waals surface area contributed by atoms with Gasteiger partial charge >= 0.3 is 18.2 Å². The van der Waals surface area contributed by atoms with Gasteiger partial charge in [0.15, 0.2) is 11.5 Å². The number of carbonyl (C=O) groups is 1. The lowest BCUT2D eigenvalue weighted by molar-refractivity contribution is -0.391. The second kappa shape index (κ2) is 4.85. The number of carboxylic acids is 1. The lowest BCUT2D eigenvalue weighted by Crippen LogP contribution is -2.52. The van der Waals surface area contributed by atoms with Crippen molar-refractivity contribution < 1.29 is 36.9 Å². The molecule has 3 rings (SSSR count). The number of aromatic carboxylic acids is 1. The Labute approximate surface area is 133 Å². The number of rotatable bonds is 2. The summed E-state index contributed by atoms with van der Waals surface area (Å²) in [5, 5.41) is 14.8.